The molecule has 1 aliphatic heterocycles. The Labute approximate surface area is 270 Å². The van der Waals surface area contributed by atoms with Gasteiger partial charge in [0.25, 0.3) is 0 Å². The SMILES string of the molecule is [2H]c1cc2c(-c3c([2H])c([2H])c4c5c(c([2H])c([2H])c([2H])c35)-c3c([2H])c([2H])c([2H])c([2H])c3O4)c3c([2H])c([2H])c([2H])c([2H])c3c(-c3c([2H])c([2H])c4c([2H])c([2H])c([2H])c([2H])c4c3[2H])c2c([2H])c1[2H]. The first-order valence-electron chi connectivity index (χ1n) is 23.7. The summed E-state index contributed by atoms with van der Waals surface area (Å²) < 4.78 is 211. The Morgan fingerprint density at radius 3 is 2.00 bits per heavy atom. The largest absolute Gasteiger partial charge is 0.456 e. The van der Waals surface area contributed by atoms with Crippen LogP contribution in [-0.2, 0) is 0 Å². The number of fused-ring (bicyclic) bond motifs is 5. The second-order valence-electron chi connectivity index (χ2n) is 9.09. The van der Waals surface area contributed by atoms with E-state index < -0.39 is 216 Å². The fraction of sp³-hybridized carbons (Fsp3) is 0. The van der Waals surface area contributed by atoms with E-state index in [4.69, 9.17) is 25.3 Å². The molecule has 0 aliphatic carbocycles. The molecule has 1 nitrogen and oxygen atoms in total. The van der Waals surface area contributed by atoms with Crippen molar-refractivity contribution in [3.8, 4) is 44.9 Å². The lowest BCUT2D eigenvalue weighted by molar-refractivity contribution is 0.487. The highest BCUT2D eigenvalue weighted by Gasteiger charge is 2.23. The lowest BCUT2D eigenvalue weighted by Crippen LogP contribution is -1.98. The van der Waals surface area contributed by atoms with E-state index >= 15 is 0 Å². The second kappa shape index (κ2) is 8.55. The highest BCUT2D eigenvalue weighted by molar-refractivity contribution is 6.24. The van der Waals surface area contributed by atoms with Crippen LogP contribution in [0.1, 0.15) is 31.5 Å². The monoisotopic (exact) mass is 543 g/mol. The van der Waals surface area contributed by atoms with Crippen LogP contribution >= 0.6 is 0 Å². The van der Waals surface area contributed by atoms with Gasteiger partial charge in [0.15, 0.2) is 0 Å². The molecule has 0 spiro atoms. The van der Waals surface area contributed by atoms with Gasteiger partial charge in [0.2, 0.25) is 0 Å². The molecule has 190 valence electrons. The first-order valence-corrected chi connectivity index (χ1v) is 12.2. The third-order valence-electron chi connectivity index (χ3n) is 6.96. The van der Waals surface area contributed by atoms with Crippen molar-refractivity contribution in [3.05, 3.63) is 145 Å². The van der Waals surface area contributed by atoms with Gasteiger partial charge >= 0.3 is 0 Å². The van der Waals surface area contributed by atoms with Crippen LogP contribution in [0.15, 0.2) is 145 Å². The van der Waals surface area contributed by atoms with Crippen molar-refractivity contribution in [2.75, 3.05) is 0 Å². The van der Waals surface area contributed by atoms with E-state index in [1.807, 2.05) is 0 Å². The Morgan fingerprint density at radius 1 is 0.415 bits per heavy atom. The number of rotatable bonds is 2. The topological polar surface area (TPSA) is 9.23 Å². The van der Waals surface area contributed by atoms with Gasteiger partial charge in [-0.05, 0) is 89.7 Å². The number of hydrogen-bond donors (Lipinski definition) is 0. The molecule has 0 saturated carbocycles. The van der Waals surface area contributed by atoms with Crippen LogP contribution in [0.5, 0.6) is 11.5 Å². The van der Waals surface area contributed by atoms with E-state index in [1.54, 1.807) is 0 Å². The van der Waals surface area contributed by atoms with Gasteiger partial charge in [0, 0.05) is 10.9 Å². The predicted octanol–water partition coefficient (Wildman–Crippen LogP) is 11.4. The molecular weight excluding hydrogens is 496 g/mol. The Kier molecular flexibility index (Phi) is 2.00. The standard InChI is InChI=1S/C40H24O/c1-2-11-26-24-27(21-20-25(26)10-1)38-30-13-3-5-15-32(30)39(33-16-6-4-14-31(33)38)35-22-23-37-40-29(17-9-18-34(35)40)28-12-7-8-19-36(28)41-37/h1-24H/i1D,2D,3D,4D,5D,6D,7D,8D,9D,10D,11D,12D,13D,14D,15D,17D,18D,19D,20D,21D,22D,23D,24D. The molecule has 9 rings (SSSR count). The van der Waals surface area contributed by atoms with Gasteiger partial charge in [-0.25, -0.2) is 0 Å². The van der Waals surface area contributed by atoms with Gasteiger partial charge in [-0.15, -0.1) is 0 Å². The molecular formula is C40H24O. The van der Waals surface area contributed by atoms with Crippen molar-refractivity contribution < 1.29 is 36.3 Å². The van der Waals surface area contributed by atoms with E-state index in [1.165, 1.54) is 0 Å². The summed E-state index contributed by atoms with van der Waals surface area (Å²) in [7, 11) is 0. The summed E-state index contributed by atoms with van der Waals surface area (Å²) in [6.45, 7) is 0. The van der Waals surface area contributed by atoms with Crippen LogP contribution < -0.4 is 4.74 Å². The van der Waals surface area contributed by atoms with Gasteiger partial charge in [-0.1, -0.05) is 121 Å². The molecule has 1 heteroatoms. The Hall–Kier alpha value is -5.40. The number of para-hydroxylation sites is 1. The lowest BCUT2D eigenvalue weighted by atomic mass is 9.83. The molecule has 0 saturated heterocycles. The maximum absolute atomic E-state index is 9.55. The van der Waals surface area contributed by atoms with Gasteiger partial charge < -0.3 is 4.74 Å². The molecule has 0 radical (unpaired) electrons. The molecule has 0 aromatic heterocycles. The summed E-state index contributed by atoms with van der Waals surface area (Å²) >= 11 is 0. The van der Waals surface area contributed by atoms with Crippen LogP contribution in [-0.4, -0.2) is 0 Å². The predicted molar refractivity (Wildman–Crippen MR) is 173 cm³/mol. The van der Waals surface area contributed by atoms with Crippen molar-refractivity contribution in [3.63, 3.8) is 0 Å². The fourth-order valence-electron chi connectivity index (χ4n) is 5.28. The fourth-order valence-corrected chi connectivity index (χ4v) is 5.28. The van der Waals surface area contributed by atoms with Crippen molar-refractivity contribution in [2.24, 2.45) is 0 Å². The van der Waals surface area contributed by atoms with Crippen molar-refractivity contribution in [1.82, 2.24) is 0 Å². The van der Waals surface area contributed by atoms with Gasteiger partial charge in [-0.3, -0.25) is 0 Å². The van der Waals surface area contributed by atoms with E-state index in [2.05, 4.69) is 0 Å². The minimum atomic E-state index is -0.901. The summed E-state index contributed by atoms with van der Waals surface area (Å²) in [6, 6.07) is -17.4. The molecule has 0 N–H and O–H groups in total. The number of benzene rings is 8. The summed E-state index contributed by atoms with van der Waals surface area (Å²) in [5, 5.41) is -3.94. The van der Waals surface area contributed by atoms with Crippen molar-refractivity contribution in [2.45, 2.75) is 0 Å². The molecule has 1 aliphatic rings. The summed E-state index contributed by atoms with van der Waals surface area (Å²) in [5.41, 5.74) is -3.03. The minimum absolute atomic E-state index is 0.357. The van der Waals surface area contributed by atoms with E-state index in [9.17, 15) is 11.0 Å². The molecule has 0 amide bonds. The van der Waals surface area contributed by atoms with Crippen LogP contribution in [0, 0.1) is 0 Å². The molecule has 0 atom stereocenters. The quantitative estimate of drug-likeness (QED) is 0.197. The maximum atomic E-state index is 9.55. The molecule has 0 bridgehead atoms. The molecule has 8 aromatic carbocycles. The zero-order chi connectivity index (χ0) is 46.9. The van der Waals surface area contributed by atoms with E-state index in [0.29, 0.717) is 0 Å². The summed E-state index contributed by atoms with van der Waals surface area (Å²) in [6.07, 6.45) is 0. The highest BCUT2D eigenvalue weighted by Crippen LogP contribution is 2.51. The Balaban J connectivity index is 1.63. The highest BCUT2D eigenvalue weighted by atomic mass is 16.5. The first-order chi connectivity index (χ1) is 29.9. The third-order valence-corrected chi connectivity index (χ3v) is 6.96. The molecule has 0 fully saturated rings. The average molecular weight is 544 g/mol. The normalized spacial score (nSPS) is 20.0. The zero-order valence-corrected chi connectivity index (χ0v) is 20.5. The Morgan fingerprint density at radius 2 is 1.10 bits per heavy atom. The van der Waals surface area contributed by atoms with Gasteiger partial charge in [0.05, 0.1) is 31.5 Å². The van der Waals surface area contributed by atoms with Crippen LogP contribution in [0.4, 0.5) is 0 Å². The molecule has 1 heterocycles. The van der Waals surface area contributed by atoms with Crippen LogP contribution in [0.3, 0.4) is 0 Å². The van der Waals surface area contributed by atoms with Crippen LogP contribution in [0.25, 0.3) is 76.5 Å². The maximum Gasteiger partial charge on any atom is 0.135 e. The average Bonchev–Trinajstić information content (AvgIpc) is 3.26. The molecule has 41 heavy (non-hydrogen) atoms. The Bertz CT molecular complexity index is 3620. The lowest BCUT2D eigenvalue weighted by Gasteiger charge is -2.24. The first kappa shape index (κ1) is 9.61. The van der Waals surface area contributed by atoms with E-state index in [0.717, 1.165) is 6.07 Å². The van der Waals surface area contributed by atoms with Crippen LogP contribution in [0.2, 0.25) is 0 Å². The second-order valence-corrected chi connectivity index (χ2v) is 9.09. The summed E-state index contributed by atoms with van der Waals surface area (Å²) in [5.74, 6) is -1.09. The van der Waals surface area contributed by atoms with Gasteiger partial charge in [-0.2, -0.15) is 0 Å². The minimum Gasteiger partial charge on any atom is -0.456 e. The number of hydrogen-bond acceptors (Lipinski definition) is 1. The molecule has 8 aromatic rings. The summed E-state index contributed by atoms with van der Waals surface area (Å²) in [4.78, 5) is 0. The number of ether oxygens (including phenoxy) is 1. The van der Waals surface area contributed by atoms with Crippen molar-refractivity contribution in [1.29, 1.82) is 0 Å². The zero-order valence-electron chi connectivity index (χ0n) is 43.5. The third kappa shape index (κ3) is 3.24. The molecule has 0 unspecified atom stereocenters. The van der Waals surface area contributed by atoms with E-state index in [-0.39, 0.29) is 10.8 Å². The van der Waals surface area contributed by atoms with Gasteiger partial charge in [0.1, 0.15) is 11.5 Å². The van der Waals surface area contributed by atoms with Crippen molar-refractivity contribution >= 4 is 43.1 Å². The smallest absolute Gasteiger partial charge is 0.135 e.